The summed E-state index contributed by atoms with van der Waals surface area (Å²) >= 11 is 0. The van der Waals surface area contributed by atoms with Crippen molar-refractivity contribution in [1.29, 1.82) is 0 Å². The van der Waals surface area contributed by atoms with Gasteiger partial charge in [-0.2, -0.15) is 0 Å². The van der Waals surface area contributed by atoms with Gasteiger partial charge in [0.15, 0.2) is 0 Å². The maximum atomic E-state index is 11.9. The molecule has 0 saturated heterocycles. The molecule has 0 fully saturated rings. The Balaban J connectivity index is 2.60. The SMILES string of the molecule is Cc1ccc(C)c(CC(=O)NCC(C(=O)O)C(C)C)c1. The van der Waals surface area contributed by atoms with Gasteiger partial charge in [-0.3, -0.25) is 9.59 Å². The van der Waals surface area contributed by atoms with Gasteiger partial charge in [-0.1, -0.05) is 37.6 Å². The second-order valence-corrected chi connectivity index (χ2v) is 5.60. The third-order valence-electron chi connectivity index (χ3n) is 3.50. The first-order valence-corrected chi connectivity index (χ1v) is 6.87. The average molecular weight is 277 g/mol. The molecule has 4 nitrogen and oxygen atoms in total. The van der Waals surface area contributed by atoms with Crippen molar-refractivity contribution in [2.75, 3.05) is 6.54 Å². The minimum Gasteiger partial charge on any atom is -0.481 e. The molecule has 0 heterocycles. The summed E-state index contributed by atoms with van der Waals surface area (Å²) in [5.41, 5.74) is 3.17. The van der Waals surface area contributed by atoms with Crippen LogP contribution in [0.25, 0.3) is 0 Å². The third-order valence-corrected chi connectivity index (χ3v) is 3.50. The molecule has 0 saturated carbocycles. The van der Waals surface area contributed by atoms with Gasteiger partial charge in [0.2, 0.25) is 5.91 Å². The first-order valence-electron chi connectivity index (χ1n) is 6.87. The highest BCUT2D eigenvalue weighted by Crippen LogP contribution is 2.12. The van der Waals surface area contributed by atoms with Crippen molar-refractivity contribution in [3.05, 3.63) is 34.9 Å². The fraction of sp³-hybridized carbons (Fsp3) is 0.500. The maximum Gasteiger partial charge on any atom is 0.308 e. The van der Waals surface area contributed by atoms with E-state index in [0.717, 1.165) is 16.7 Å². The zero-order valence-electron chi connectivity index (χ0n) is 12.6. The molecule has 0 aliphatic rings. The lowest BCUT2D eigenvalue weighted by atomic mass is 9.96. The second kappa shape index (κ2) is 7.08. The molecule has 20 heavy (non-hydrogen) atoms. The van der Waals surface area contributed by atoms with Gasteiger partial charge in [0.25, 0.3) is 0 Å². The van der Waals surface area contributed by atoms with E-state index >= 15 is 0 Å². The number of carbonyl (C=O) groups is 2. The molecule has 0 bridgehead atoms. The Hall–Kier alpha value is -1.84. The normalized spacial score (nSPS) is 12.2. The summed E-state index contributed by atoms with van der Waals surface area (Å²) in [6.07, 6.45) is 0.290. The summed E-state index contributed by atoms with van der Waals surface area (Å²) in [6.45, 7) is 7.82. The largest absolute Gasteiger partial charge is 0.481 e. The van der Waals surface area contributed by atoms with Crippen molar-refractivity contribution >= 4 is 11.9 Å². The van der Waals surface area contributed by atoms with E-state index in [0.29, 0.717) is 0 Å². The number of hydrogen-bond donors (Lipinski definition) is 2. The first-order chi connectivity index (χ1) is 9.31. The molecule has 1 aromatic rings. The molecule has 110 valence electrons. The molecule has 1 aromatic carbocycles. The van der Waals surface area contributed by atoms with Crippen LogP contribution in [0.15, 0.2) is 18.2 Å². The summed E-state index contributed by atoms with van der Waals surface area (Å²) in [5.74, 6) is -1.55. The van der Waals surface area contributed by atoms with Crippen LogP contribution in [-0.4, -0.2) is 23.5 Å². The molecular weight excluding hydrogens is 254 g/mol. The number of aliphatic carboxylic acids is 1. The minimum atomic E-state index is -0.868. The van der Waals surface area contributed by atoms with Gasteiger partial charge in [0.05, 0.1) is 12.3 Å². The number of rotatable bonds is 6. The van der Waals surface area contributed by atoms with Crippen LogP contribution in [0.4, 0.5) is 0 Å². The smallest absolute Gasteiger partial charge is 0.308 e. The second-order valence-electron chi connectivity index (χ2n) is 5.60. The first kappa shape index (κ1) is 16.2. The molecular formula is C16H23NO3. The molecule has 0 spiro atoms. The van der Waals surface area contributed by atoms with Crippen molar-refractivity contribution in [1.82, 2.24) is 5.32 Å². The topological polar surface area (TPSA) is 66.4 Å². The Morgan fingerprint density at radius 1 is 1.25 bits per heavy atom. The fourth-order valence-electron chi connectivity index (χ4n) is 2.06. The number of hydrogen-bond acceptors (Lipinski definition) is 2. The Kier molecular flexibility index (Phi) is 5.74. The average Bonchev–Trinajstić information content (AvgIpc) is 2.33. The third kappa shape index (κ3) is 4.68. The number of carbonyl (C=O) groups excluding carboxylic acids is 1. The molecule has 1 unspecified atom stereocenters. The summed E-state index contributed by atoms with van der Waals surface area (Å²) < 4.78 is 0. The van der Waals surface area contributed by atoms with Crippen molar-refractivity contribution in [2.45, 2.75) is 34.1 Å². The van der Waals surface area contributed by atoms with Crippen LogP contribution in [0, 0.1) is 25.7 Å². The van der Waals surface area contributed by atoms with E-state index in [9.17, 15) is 9.59 Å². The van der Waals surface area contributed by atoms with E-state index in [1.54, 1.807) is 0 Å². The highest BCUT2D eigenvalue weighted by Gasteiger charge is 2.22. The molecule has 1 atom stereocenters. The lowest BCUT2D eigenvalue weighted by Crippen LogP contribution is -2.36. The number of benzene rings is 1. The zero-order valence-corrected chi connectivity index (χ0v) is 12.6. The summed E-state index contributed by atoms with van der Waals surface area (Å²) in [7, 11) is 0. The molecule has 1 rings (SSSR count). The van der Waals surface area contributed by atoms with Gasteiger partial charge in [-0.25, -0.2) is 0 Å². The van der Waals surface area contributed by atoms with Gasteiger partial charge >= 0.3 is 5.97 Å². The molecule has 2 N–H and O–H groups in total. The maximum absolute atomic E-state index is 11.9. The van der Waals surface area contributed by atoms with E-state index < -0.39 is 11.9 Å². The van der Waals surface area contributed by atoms with E-state index in [-0.39, 0.29) is 24.8 Å². The van der Waals surface area contributed by atoms with E-state index in [2.05, 4.69) is 5.32 Å². The highest BCUT2D eigenvalue weighted by atomic mass is 16.4. The Bertz CT molecular complexity index is 494. The molecule has 1 amide bonds. The Morgan fingerprint density at radius 3 is 2.45 bits per heavy atom. The van der Waals surface area contributed by atoms with Crippen LogP contribution in [0.5, 0.6) is 0 Å². The molecule has 0 radical (unpaired) electrons. The number of amides is 1. The van der Waals surface area contributed by atoms with Gasteiger partial charge < -0.3 is 10.4 Å². The molecule has 0 aliphatic heterocycles. The van der Waals surface area contributed by atoms with E-state index in [1.807, 2.05) is 45.9 Å². The highest BCUT2D eigenvalue weighted by molar-refractivity contribution is 5.80. The standard InChI is InChI=1S/C16H23NO3/c1-10(2)14(16(19)20)9-17-15(18)8-13-7-11(3)5-6-12(13)4/h5-7,10,14H,8-9H2,1-4H3,(H,17,18)(H,19,20). The van der Waals surface area contributed by atoms with Crippen molar-refractivity contribution in [2.24, 2.45) is 11.8 Å². The van der Waals surface area contributed by atoms with Crippen LogP contribution >= 0.6 is 0 Å². The predicted molar refractivity (Wildman–Crippen MR) is 78.6 cm³/mol. The predicted octanol–water partition coefficient (Wildman–Crippen LogP) is 2.32. The Labute approximate surface area is 120 Å². The summed E-state index contributed by atoms with van der Waals surface area (Å²) in [4.78, 5) is 23.0. The fourth-order valence-corrected chi connectivity index (χ4v) is 2.06. The quantitative estimate of drug-likeness (QED) is 0.838. The monoisotopic (exact) mass is 277 g/mol. The summed E-state index contributed by atoms with van der Waals surface area (Å²) in [6, 6.07) is 5.99. The van der Waals surface area contributed by atoms with Crippen molar-refractivity contribution in [3.63, 3.8) is 0 Å². The van der Waals surface area contributed by atoms with Crippen LogP contribution in [-0.2, 0) is 16.0 Å². The van der Waals surface area contributed by atoms with Crippen LogP contribution in [0.3, 0.4) is 0 Å². The van der Waals surface area contributed by atoms with Gasteiger partial charge in [0, 0.05) is 6.54 Å². The molecule has 0 aliphatic carbocycles. The van der Waals surface area contributed by atoms with Gasteiger partial charge in [-0.05, 0) is 30.9 Å². The van der Waals surface area contributed by atoms with Crippen LogP contribution in [0.1, 0.15) is 30.5 Å². The summed E-state index contributed by atoms with van der Waals surface area (Å²) in [5, 5.41) is 11.8. The Morgan fingerprint density at radius 2 is 1.90 bits per heavy atom. The molecule has 0 aromatic heterocycles. The lowest BCUT2D eigenvalue weighted by Gasteiger charge is -2.17. The molecule has 4 heteroatoms. The number of aryl methyl sites for hydroxylation is 2. The minimum absolute atomic E-state index is 0.00601. The van der Waals surface area contributed by atoms with E-state index in [1.165, 1.54) is 0 Å². The van der Waals surface area contributed by atoms with Crippen molar-refractivity contribution in [3.8, 4) is 0 Å². The number of carboxylic acid groups (broad SMARTS) is 1. The van der Waals surface area contributed by atoms with Crippen LogP contribution < -0.4 is 5.32 Å². The van der Waals surface area contributed by atoms with Gasteiger partial charge in [0.1, 0.15) is 0 Å². The lowest BCUT2D eigenvalue weighted by molar-refractivity contribution is -0.143. The zero-order chi connectivity index (χ0) is 15.3. The van der Waals surface area contributed by atoms with Crippen molar-refractivity contribution < 1.29 is 14.7 Å². The van der Waals surface area contributed by atoms with E-state index in [4.69, 9.17) is 5.11 Å². The number of nitrogens with one attached hydrogen (secondary N) is 1. The number of carboxylic acids is 1. The van der Waals surface area contributed by atoms with Gasteiger partial charge in [-0.15, -0.1) is 0 Å². The van der Waals surface area contributed by atoms with Crippen LogP contribution in [0.2, 0.25) is 0 Å².